The van der Waals surface area contributed by atoms with Gasteiger partial charge in [0.05, 0.1) is 35.5 Å². The van der Waals surface area contributed by atoms with Crippen molar-refractivity contribution in [2.24, 2.45) is 0 Å². The van der Waals surface area contributed by atoms with Gasteiger partial charge in [-0.15, -0.1) is 0 Å². The third kappa shape index (κ3) is 3.44. The fraction of sp³-hybridized carbons (Fsp3) is 0.125. The molecule has 0 radical (unpaired) electrons. The summed E-state index contributed by atoms with van der Waals surface area (Å²) >= 11 is 0. The molecule has 3 N–H and O–H groups in total. The Morgan fingerprint density at radius 2 is 2.03 bits per heavy atom. The Morgan fingerprint density at radius 3 is 2.91 bits per heavy atom. The molecule has 9 nitrogen and oxygen atoms in total. The van der Waals surface area contributed by atoms with Crippen LogP contribution in [0.15, 0.2) is 66.0 Å². The first-order valence-corrected chi connectivity index (χ1v) is 10.7. The molecule has 0 aliphatic heterocycles. The Balaban J connectivity index is 1.44. The van der Waals surface area contributed by atoms with Gasteiger partial charge in [0.2, 0.25) is 0 Å². The Labute approximate surface area is 188 Å². The standard InChI is InChI=1S/C24H20N8O/c1-2-25-9-14-7-16(11-26-10-14)19-8-18-20(12-28-19)31-32-22(18)24-29-21-17(15-4-6-33-13-15)3-5-27-23(21)30-24/h3-8,10-13,25H,2,9H2,1H3,(H,31,32)(H,27,29,30). The first kappa shape index (κ1) is 19.3. The predicted octanol–water partition coefficient (Wildman–Crippen LogP) is 4.33. The average molecular weight is 436 g/mol. The van der Waals surface area contributed by atoms with Crippen LogP contribution in [0.5, 0.6) is 0 Å². The maximum atomic E-state index is 5.25. The molecule has 0 saturated heterocycles. The second-order valence-electron chi connectivity index (χ2n) is 7.70. The summed E-state index contributed by atoms with van der Waals surface area (Å²) in [5.74, 6) is 0.635. The molecule has 0 atom stereocenters. The van der Waals surface area contributed by atoms with Gasteiger partial charge in [0.1, 0.15) is 5.69 Å². The molecule has 33 heavy (non-hydrogen) atoms. The van der Waals surface area contributed by atoms with Crippen LogP contribution in [0.3, 0.4) is 0 Å². The number of fused-ring (bicyclic) bond motifs is 2. The van der Waals surface area contributed by atoms with Crippen molar-refractivity contribution < 1.29 is 4.42 Å². The van der Waals surface area contributed by atoms with Gasteiger partial charge in [0, 0.05) is 47.2 Å². The summed E-state index contributed by atoms with van der Waals surface area (Å²) in [6, 6.07) is 7.97. The first-order valence-electron chi connectivity index (χ1n) is 10.7. The highest BCUT2D eigenvalue weighted by Gasteiger charge is 2.17. The van der Waals surface area contributed by atoms with E-state index in [2.05, 4.69) is 48.4 Å². The number of hydrogen-bond acceptors (Lipinski definition) is 7. The molecule has 0 amide bonds. The molecule has 0 aromatic carbocycles. The van der Waals surface area contributed by atoms with Crippen molar-refractivity contribution in [3.05, 3.63) is 67.1 Å². The first-order chi connectivity index (χ1) is 16.3. The van der Waals surface area contributed by atoms with Gasteiger partial charge >= 0.3 is 0 Å². The summed E-state index contributed by atoms with van der Waals surface area (Å²) < 4.78 is 5.25. The maximum absolute atomic E-state index is 5.25. The van der Waals surface area contributed by atoms with Crippen molar-refractivity contribution in [3.63, 3.8) is 0 Å². The zero-order valence-electron chi connectivity index (χ0n) is 17.8. The number of hydrogen-bond donors (Lipinski definition) is 3. The lowest BCUT2D eigenvalue weighted by molar-refractivity contribution is 0.568. The van der Waals surface area contributed by atoms with E-state index >= 15 is 0 Å². The van der Waals surface area contributed by atoms with E-state index in [-0.39, 0.29) is 0 Å². The van der Waals surface area contributed by atoms with Gasteiger partial charge in [0.15, 0.2) is 11.5 Å². The smallest absolute Gasteiger partial charge is 0.178 e. The number of imidazole rings is 1. The van der Waals surface area contributed by atoms with E-state index in [0.29, 0.717) is 17.2 Å². The highest BCUT2D eigenvalue weighted by molar-refractivity contribution is 5.96. The summed E-state index contributed by atoms with van der Waals surface area (Å²) in [7, 11) is 0. The normalized spacial score (nSPS) is 11.5. The number of aromatic amines is 2. The van der Waals surface area contributed by atoms with E-state index in [1.54, 1.807) is 24.9 Å². The van der Waals surface area contributed by atoms with E-state index in [1.807, 2.05) is 30.6 Å². The number of pyridine rings is 3. The number of furan rings is 1. The van der Waals surface area contributed by atoms with Crippen LogP contribution in [-0.2, 0) is 6.54 Å². The fourth-order valence-corrected chi connectivity index (χ4v) is 3.93. The summed E-state index contributed by atoms with van der Waals surface area (Å²) in [4.78, 5) is 21.5. The molecule has 0 saturated carbocycles. The van der Waals surface area contributed by atoms with Gasteiger partial charge in [-0.2, -0.15) is 5.10 Å². The SMILES string of the molecule is CCNCc1cncc(-c2cc3c(-c4nc5nccc(-c6ccoc6)c5[nH]4)n[nH]c3cn2)c1. The highest BCUT2D eigenvalue weighted by Crippen LogP contribution is 2.31. The molecule has 0 spiro atoms. The largest absolute Gasteiger partial charge is 0.472 e. The molecule has 0 fully saturated rings. The minimum Gasteiger partial charge on any atom is -0.472 e. The molecule has 6 aromatic rings. The third-order valence-electron chi connectivity index (χ3n) is 5.57. The van der Waals surface area contributed by atoms with Crippen LogP contribution in [0, 0.1) is 0 Å². The molecule has 162 valence electrons. The van der Waals surface area contributed by atoms with Crippen molar-refractivity contribution in [1.29, 1.82) is 0 Å². The maximum Gasteiger partial charge on any atom is 0.178 e. The molecule has 6 rings (SSSR count). The van der Waals surface area contributed by atoms with E-state index in [1.165, 1.54) is 0 Å². The lowest BCUT2D eigenvalue weighted by atomic mass is 10.1. The van der Waals surface area contributed by atoms with Gasteiger partial charge in [-0.3, -0.25) is 15.1 Å². The summed E-state index contributed by atoms with van der Waals surface area (Å²) in [6.07, 6.45) is 10.6. The van der Waals surface area contributed by atoms with Crippen molar-refractivity contribution in [3.8, 4) is 33.9 Å². The van der Waals surface area contributed by atoms with Gasteiger partial charge in [0.25, 0.3) is 0 Å². The van der Waals surface area contributed by atoms with Gasteiger partial charge in [-0.1, -0.05) is 6.92 Å². The number of aromatic nitrogens is 7. The molecule has 0 bridgehead atoms. The quantitative estimate of drug-likeness (QED) is 0.355. The molecular formula is C24H20N8O. The van der Waals surface area contributed by atoms with Crippen molar-refractivity contribution in [1.82, 2.24) is 40.4 Å². The van der Waals surface area contributed by atoms with Crippen molar-refractivity contribution in [2.45, 2.75) is 13.5 Å². The van der Waals surface area contributed by atoms with Crippen LogP contribution in [0.4, 0.5) is 0 Å². The Morgan fingerprint density at radius 1 is 1.06 bits per heavy atom. The van der Waals surface area contributed by atoms with Crippen LogP contribution >= 0.6 is 0 Å². The van der Waals surface area contributed by atoms with Crippen LogP contribution in [0.2, 0.25) is 0 Å². The summed E-state index contributed by atoms with van der Waals surface area (Å²) in [5.41, 5.74) is 7.81. The highest BCUT2D eigenvalue weighted by atomic mass is 16.3. The van der Waals surface area contributed by atoms with Gasteiger partial charge in [-0.25, -0.2) is 9.97 Å². The zero-order chi connectivity index (χ0) is 22.2. The number of rotatable bonds is 6. The van der Waals surface area contributed by atoms with E-state index in [0.717, 1.165) is 57.5 Å². The Kier molecular flexibility index (Phi) is 4.66. The minimum absolute atomic E-state index is 0.620. The lowest BCUT2D eigenvalue weighted by Gasteiger charge is -2.05. The molecule has 9 heteroatoms. The molecular weight excluding hydrogens is 416 g/mol. The molecule has 0 unspecified atom stereocenters. The van der Waals surface area contributed by atoms with E-state index < -0.39 is 0 Å². The van der Waals surface area contributed by atoms with Gasteiger partial charge in [-0.05, 0) is 36.4 Å². The fourth-order valence-electron chi connectivity index (χ4n) is 3.93. The van der Waals surface area contributed by atoms with Crippen LogP contribution < -0.4 is 5.32 Å². The van der Waals surface area contributed by atoms with Crippen LogP contribution in [0.25, 0.3) is 56.0 Å². The third-order valence-corrected chi connectivity index (χ3v) is 5.57. The van der Waals surface area contributed by atoms with Crippen molar-refractivity contribution >= 4 is 22.1 Å². The summed E-state index contributed by atoms with van der Waals surface area (Å²) in [6.45, 7) is 3.75. The van der Waals surface area contributed by atoms with E-state index in [4.69, 9.17) is 9.40 Å². The van der Waals surface area contributed by atoms with Gasteiger partial charge < -0.3 is 14.7 Å². The second kappa shape index (κ2) is 7.95. The average Bonchev–Trinajstić information content (AvgIpc) is 3.61. The second-order valence-corrected chi connectivity index (χ2v) is 7.70. The van der Waals surface area contributed by atoms with Crippen LogP contribution in [-0.4, -0.2) is 41.7 Å². The monoisotopic (exact) mass is 436 g/mol. The van der Waals surface area contributed by atoms with Crippen molar-refractivity contribution in [2.75, 3.05) is 6.54 Å². The predicted molar refractivity (Wildman–Crippen MR) is 125 cm³/mol. The molecule has 0 aliphatic rings. The summed E-state index contributed by atoms with van der Waals surface area (Å²) in [5, 5.41) is 11.8. The Hall–Kier alpha value is -4.37. The number of nitrogens with zero attached hydrogens (tertiary/aromatic N) is 5. The lowest BCUT2D eigenvalue weighted by Crippen LogP contribution is -2.11. The number of nitrogens with one attached hydrogen (secondary N) is 3. The van der Waals surface area contributed by atoms with Crippen LogP contribution in [0.1, 0.15) is 12.5 Å². The minimum atomic E-state index is 0.620. The number of H-pyrrole nitrogens is 2. The zero-order valence-corrected chi connectivity index (χ0v) is 17.8. The molecule has 6 heterocycles. The Bertz CT molecular complexity index is 1560. The topological polar surface area (TPSA) is 121 Å². The van der Waals surface area contributed by atoms with E-state index in [9.17, 15) is 0 Å². The molecule has 6 aromatic heterocycles. The molecule has 0 aliphatic carbocycles.